The minimum Gasteiger partial charge on any atom is -0.493 e. The molecule has 0 saturated heterocycles. The van der Waals surface area contributed by atoms with Crippen LogP contribution >= 0.6 is 0 Å². The van der Waals surface area contributed by atoms with E-state index in [4.69, 9.17) is 9.47 Å². The summed E-state index contributed by atoms with van der Waals surface area (Å²) in [5, 5.41) is 16.6. The van der Waals surface area contributed by atoms with Crippen molar-refractivity contribution in [3.63, 3.8) is 0 Å². The molecule has 148 valence electrons. The number of hydrogen-bond donors (Lipinski definition) is 0. The number of nitrogens with zero attached hydrogens (tertiary/aromatic N) is 6. The number of aromatic nitrogens is 5. The lowest BCUT2D eigenvalue weighted by Crippen LogP contribution is -2.07. The molecule has 0 aliphatic rings. The van der Waals surface area contributed by atoms with Gasteiger partial charge in [0, 0.05) is 11.3 Å². The van der Waals surface area contributed by atoms with Gasteiger partial charge in [-0.05, 0) is 32.0 Å². The molecule has 3 rings (SSSR count). The Morgan fingerprint density at radius 3 is 2.32 bits per heavy atom. The van der Waals surface area contributed by atoms with Crippen molar-refractivity contribution in [2.45, 2.75) is 20.5 Å². The molecule has 9 nitrogen and oxygen atoms in total. The molecule has 0 bridgehead atoms. The number of ether oxygens (including phenoxy) is 3. The van der Waals surface area contributed by atoms with Crippen LogP contribution in [-0.4, -0.2) is 51.7 Å². The highest BCUT2D eigenvalue weighted by molar-refractivity contribution is 5.82. The second-order valence-electron chi connectivity index (χ2n) is 5.69. The smallest absolute Gasteiger partial charge is 0.387 e. The maximum absolute atomic E-state index is 12.6. The van der Waals surface area contributed by atoms with Crippen molar-refractivity contribution in [2.75, 3.05) is 14.2 Å². The first-order valence-corrected chi connectivity index (χ1v) is 8.11. The van der Waals surface area contributed by atoms with Gasteiger partial charge >= 0.3 is 6.61 Å². The lowest BCUT2D eigenvalue weighted by atomic mass is 10.2. The van der Waals surface area contributed by atoms with Crippen molar-refractivity contribution >= 4 is 6.21 Å². The van der Waals surface area contributed by atoms with E-state index in [9.17, 15) is 8.78 Å². The van der Waals surface area contributed by atoms with E-state index in [1.54, 1.807) is 4.68 Å². The normalized spacial score (nSPS) is 11.4. The van der Waals surface area contributed by atoms with Crippen LogP contribution in [0.5, 0.6) is 17.2 Å². The lowest BCUT2D eigenvalue weighted by Gasteiger charge is -2.14. The van der Waals surface area contributed by atoms with Gasteiger partial charge in [-0.25, -0.2) is 4.68 Å². The van der Waals surface area contributed by atoms with Gasteiger partial charge in [0.25, 0.3) is 5.95 Å². The summed E-state index contributed by atoms with van der Waals surface area (Å²) in [6, 6.07) is 4.90. The highest BCUT2D eigenvalue weighted by Crippen LogP contribution is 2.39. The Morgan fingerprint density at radius 1 is 1.11 bits per heavy atom. The van der Waals surface area contributed by atoms with Crippen LogP contribution in [0, 0.1) is 13.8 Å². The maximum atomic E-state index is 12.6. The van der Waals surface area contributed by atoms with Gasteiger partial charge in [-0.15, -0.1) is 10.2 Å². The molecule has 0 N–H and O–H groups in total. The summed E-state index contributed by atoms with van der Waals surface area (Å²) >= 11 is 0. The monoisotopic (exact) mass is 392 g/mol. The van der Waals surface area contributed by atoms with Crippen LogP contribution in [0.1, 0.15) is 17.0 Å². The molecule has 28 heavy (non-hydrogen) atoms. The fraction of sp³-hybridized carbons (Fsp3) is 0.294. The molecule has 0 spiro atoms. The molecule has 0 amide bonds. The predicted molar refractivity (Wildman–Crippen MR) is 95.8 cm³/mol. The standard InChI is InChI=1S/C17H18F2N6O3/c1-10-5-11(2)25(23-10)17-22-20-9-24(17)21-8-12-6-13(26-3)15(28-16(18)19)14(7-12)27-4/h5-9,16H,1-4H3/b21-8-. The fourth-order valence-corrected chi connectivity index (χ4v) is 2.58. The molecule has 11 heteroatoms. The Balaban J connectivity index is 1.96. The fourth-order valence-electron chi connectivity index (χ4n) is 2.58. The zero-order valence-corrected chi connectivity index (χ0v) is 15.6. The first-order chi connectivity index (χ1) is 13.4. The third-order valence-electron chi connectivity index (χ3n) is 3.73. The van der Waals surface area contributed by atoms with Crippen molar-refractivity contribution in [1.82, 2.24) is 24.7 Å². The molecule has 1 aromatic carbocycles. The van der Waals surface area contributed by atoms with Crippen LogP contribution in [0.25, 0.3) is 5.95 Å². The molecule has 2 aromatic heterocycles. The van der Waals surface area contributed by atoms with Gasteiger partial charge < -0.3 is 14.2 Å². The quantitative estimate of drug-likeness (QED) is 0.574. The summed E-state index contributed by atoms with van der Waals surface area (Å²) in [5.41, 5.74) is 2.24. The molecule has 0 radical (unpaired) electrons. The molecule has 3 aromatic rings. The van der Waals surface area contributed by atoms with E-state index in [0.717, 1.165) is 11.4 Å². The third kappa shape index (κ3) is 3.92. The summed E-state index contributed by atoms with van der Waals surface area (Å²) in [5.74, 6) is 0.385. The van der Waals surface area contributed by atoms with Gasteiger partial charge in [0.05, 0.1) is 26.1 Å². The van der Waals surface area contributed by atoms with E-state index in [2.05, 4.69) is 25.1 Å². The first kappa shape index (κ1) is 19.3. The van der Waals surface area contributed by atoms with Gasteiger partial charge in [-0.1, -0.05) is 0 Å². The van der Waals surface area contributed by atoms with E-state index in [0.29, 0.717) is 11.5 Å². The van der Waals surface area contributed by atoms with Crippen molar-refractivity contribution in [2.24, 2.45) is 5.10 Å². The van der Waals surface area contributed by atoms with Crippen molar-refractivity contribution in [3.05, 3.63) is 41.5 Å². The van der Waals surface area contributed by atoms with Crippen molar-refractivity contribution in [3.8, 4) is 23.2 Å². The zero-order chi connectivity index (χ0) is 20.3. The van der Waals surface area contributed by atoms with Crippen LogP contribution in [0.15, 0.2) is 29.6 Å². The highest BCUT2D eigenvalue weighted by atomic mass is 19.3. The molecule has 0 aliphatic heterocycles. The van der Waals surface area contributed by atoms with Crippen LogP contribution in [0.4, 0.5) is 8.78 Å². The van der Waals surface area contributed by atoms with Crippen LogP contribution < -0.4 is 14.2 Å². The summed E-state index contributed by atoms with van der Waals surface area (Å²) in [7, 11) is 2.68. The molecule has 0 saturated carbocycles. The average molecular weight is 392 g/mol. The first-order valence-electron chi connectivity index (χ1n) is 8.11. The average Bonchev–Trinajstić information content (AvgIpc) is 3.25. The number of benzene rings is 1. The number of rotatable bonds is 7. The van der Waals surface area contributed by atoms with Crippen LogP contribution in [0.3, 0.4) is 0 Å². The molecule has 0 fully saturated rings. The second-order valence-corrected chi connectivity index (χ2v) is 5.69. The van der Waals surface area contributed by atoms with Gasteiger partial charge in [-0.3, -0.25) is 0 Å². The van der Waals surface area contributed by atoms with E-state index in [-0.39, 0.29) is 17.2 Å². The maximum Gasteiger partial charge on any atom is 0.387 e. The molecule has 2 heterocycles. The molecule has 0 atom stereocenters. The van der Waals surface area contributed by atoms with Gasteiger partial charge in [0.15, 0.2) is 11.5 Å². The number of halogens is 2. The minimum absolute atomic E-state index is 0.0867. The van der Waals surface area contributed by atoms with Gasteiger partial charge in [0.1, 0.15) is 6.33 Å². The van der Waals surface area contributed by atoms with Gasteiger partial charge in [-0.2, -0.15) is 23.7 Å². The molecule has 0 aliphatic carbocycles. The topological polar surface area (TPSA) is 88.6 Å². The van der Waals surface area contributed by atoms with Crippen molar-refractivity contribution < 1.29 is 23.0 Å². The van der Waals surface area contributed by atoms with E-state index in [1.807, 2.05) is 19.9 Å². The van der Waals surface area contributed by atoms with Crippen LogP contribution in [-0.2, 0) is 0 Å². The predicted octanol–water partition coefficient (Wildman–Crippen LogP) is 2.58. The Hall–Kier alpha value is -3.50. The number of methoxy groups -OCH3 is 2. The van der Waals surface area contributed by atoms with E-state index >= 15 is 0 Å². The Labute approximate surface area is 159 Å². The summed E-state index contributed by atoms with van der Waals surface area (Å²) < 4.78 is 43.1. The SMILES string of the molecule is COc1cc(/C=N\n2cnnc2-n2nc(C)cc2C)cc(OC)c1OC(F)F. The Bertz CT molecular complexity index is 974. The second kappa shape index (κ2) is 8.03. The van der Waals surface area contributed by atoms with E-state index < -0.39 is 6.61 Å². The lowest BCUT2D eigenvalue weighted by molar-refractivity contribution is -0.0526. The Morgan fingerprint density at radius 2 is 1.79 bits per heavy atom. The molecule has 0 unspecified atom stereocenters. The summed E-state index contributed by atoms with van der Waals surface area (Å²) in [4.78, 5) is 0. The zero-order valence-electron chi connectivity index (χ0n) is 15.6. The van der Waals surface area contributed by atoms with Gasteiger partial charge in [0.2, 0.25) is 5.75 Å². The molecular weight excluding hydrogens is 374 g/mol. The third-order valence-corrected chi connectivity index (χ3v) is 3.73. The Kier molecular flexibility index (Phi) is 5.52. The van der Waals surface area contributed by atoms with E-state index in [1.165, 1.54) is 43.6 Å². The number of alkyl halides is 2. The summed E-state index contributed by atoms with van der Waals surface area (Å²) in [6.07, 6.45) is 2.90. The van der Waals surface area contributed by atoms with Crippen LogP contribution in [0.2, 0.25) is 0 Å². The number of aryl methyl sites for hydroxylation is 2. The van der Waals surface area contributed by atoms with Crippen molar-refractivity contribution in [1.29, 1.82) is 0 Å². The number of hydrogen-bond acceptors (Lipinski definition) is 7. The summed E-state index contributed by atoms with van der Waals surface area (Å²) in [6.45, 7) is 0.748. The largest absolute Gasteiger partial charge is 0.493 e. The molecular formula is C17H18F2N6O3. The highest BCUT2D eigenvalue weighted by Gasteiger charge is 2.18. The minimum atomic E-state index is -3.01.